The highest BCUT2D eigenvalue weighted by molar-refractivity contribution is 9.10. The number of aromatic nitrogens is 2. The highest BCUT2D eigenvalue weighted by Gasteiger charge is 2.28. The molecule has 5 nitrogen and oxygen atoms in total. The lowest BCUT2D eigenvalue weighted by Gasteiger charge is -2.21. The number of nitrogens with zero attached hydrogens (tertiary/aromatic N) is 2. The smallest absolute Gasteiger partial charge is 0.258 e. The van der Waals surface area contributed by atoms with Crippen LogP contribution in [0.2, 0.25) is 0 Å². The van der Waals surface area contributed by atoms with E-state index in [9.17, 15) is 0 Å². The Kier molecular flexibility index (Phi) is 4.81. The molecule has 0 saturated carbocycles. The highest BCUT2D eigenvalue weighted by Crippen LogP contribution is 2.26. The number of rotatable bonds is 5. The van der Waals surface area contributed by atoms with Gasteiger partial charge in [0.25, 0.3) is 5.89 Å². The Balaban J connectivity index is 2.25. The van der Waals surface area contributed by atoms with Crippen molar-refractivity contribution in [1.82, 2.24) is 10.1 Å². The van der Waals surface area contributed by atoms with Crippen molar-refractivity contribution in [3.8, 4) is 11.5 Å². The molecule has 0 radical (unpaired) electrons. The molecule has 6 heteroatoms. The third-order valence-electron chi connectivity index (χ3n) is 3.07. The minimum atomic E-state index is -0.782. The summed E-state index contributed by atoms with van der Waals surface area (Å²) in [7, 11) is 0. The van der Waals surface area contributed by atoms with Gasteiger partial charge in [0.1, 0.15) is 5.54 Å². The molecule has 114 valence electrons. The number of benzene rings is 1. The molecule has 1 unspecified atom stereocenters. The lowest BCUT2D eigenvalue weighted by atomic mass is 10.0. The second kappa shape index (κ2) is 6.25. The zero-order valence-electron chi connectivity index (χ0n) is 12.7. The maximum atomic E-state index is 6.22. The van der Waals surface area contributed by atoms with Gasteiger partial charge in [-0.3, -0.25) is 0 Å². The summed E-state index contributed by atoms with van der Waals surface area (Å²) in [5.41, 5.74) is 7.39. The van der Waals surface area contributed by atoms with Crippen molar-refractivity contribution >= 4 is 15.9 Å². The molecule has 0 amide bonds. The first kappa shape index (κ1) is 16.1. The van der Waals surface area contributed by atoms with Crippen LogP contribution in [-0.4, -0.2) is 22.9 Å². The monoisotopic (exact) mass is 353 g/mol. The van der Waals surface area contributed by atoms with Crippen molar-refractivity contribution in [2.75, 3.05) is 6.61 Å². The second-order valence-corrected chi connectivity index (χ2v) is 6.58. The molecule has 0 spiro atoms. The summed E-state index contributed by atoms with van der Waals surface area (Å²) in [4.78, 5) is 4.42. The SMILES string of the molecule is Cc1cc(Br)ccc1-c1nc(C(C)(N)COC(C)C)no1. The molecule has 2 rings (SSSR count). The molecule has 2 N–H and O–H groups in total. The Morgan fingerprint density at radius 1 is 1.43 bits per heavy atom. The molecule has 0 aliphatic rings. The van der Waals surface area contributed by atoms with Crippen LogP contribution < -0.4 is 5.73 Å². The zero-order chi connectivity index (χ0) is 15.6. The Morgan fingerprint density at radius 3 is 2.76 bits per heavy atom. The molecular weight excluding hydrogens is 334 g/mol. The fourth-order valence-corrected chi connectivity index (χ4v) is 2.31. The molecule has 1 heterocycles. The van der Waals surface area contributed by atoms with Gasteiger partial charge in [0.2, 0.25) is 0 Å². The Morgan fingerprint density at radius 2 is 2.14 bits per heavy atom. The molecule has 0 fully saturated rings. The first-order valence-corrected chi connectivity index (χ1v) is 7.60. The Bertz CT molecular complexity index is 623. The Labute approximate surface area is 133 Å². The molecule has 1 aromatic carbocycles. The fraction of sp³-hybridized carbons (Fsp3) is 0.467. The standard InChI is InChI=1S/C15H20BrN3O2/c1-9(2)20-8-15(4,17)14-18-13(21-19-14)12-6-5-11(16)7-10(12)3/h5-7,9H,8,17H2,1-4H3. The second-order valence-electron chi connectivity index (χ2n) is 5.66. The number of hydrogen-bond acceptors (Lipinski definition) is 5. The van der Waals surface area contributed by atoms with Gasteiger partial charge in [-0.05, 0) is 51.5 Å². The third kappa shape index (κ3) is 3.90. The van der Waals surface area contributed by atoms with Gasteiger partial charge in [-0.2, -0.15) is 4.98 Å². The van der Waals surface area contributed by atoms with Crippen molar-refractivity contribution in [1.29, 1.82) is 0 Å². The maximum Gasteiger partial charge on any atom is 0.258 e. The number of hydrogen-bond donors (Lipinski definition) is 1. The summed E-state index contributed by atoms with van der Waals surface area (Å²) in [6.07, 6.45) is 0.105. The molecule has 0 saturated heterocycles. The van der Waals surface area contributed by atoms with Crippen LogP contribution in [-0.2, 0) is 10.3 Å². The topological polar surface area (TPSA) is 74.2 Å². The lowest BCUT2D eigenvalue weighted by molar-refractivity contribution is 0.0410. The van der Waals surface area contributed by atoms with Crippen molar-refractivity contribution in [3.05, 3.63) is 34.1 Å². The average molecular weight is 354 g/mol. The minimum absolute atomic E-state index is 0.105. The van der Waals surface area contributed by atoms with Gasteiger partial charge >= 0.3 is 0 Å². The summed E-state index contributed by atoms with van der Waals surface area (Å²) in [6.45, 7) is 8.08. The number of halogens is 1. The zero-order valence-corrected chi connectivity index (χ0v) is 14.3. The van der Waals surface area contributed by atoms with Gasteiger partial charge in [0.05, 0.1) is 12.7 Å². The summed E-state index contributed by atoms with van der Waals surface area (Å²) in [5.74, 6) is 0.914. The maximum absolute atomic E-state index is 6.22. The molecule has 0 bridgehead atoms. The summed E-state index contributed by atoms with van der Waals surface area (Å²) < 4.78 is 11.9. The molecule has 0 aliphatic heterocycles. The fourth-order valence-electron chi connectivity index (χ4n) is 1.84. The van der Waals surface area contributed by atoms with E-state index in [0.29, 0.717) is 18.3 Å². The highest BCUT2D eigenvalue weighted by atomic mass is 79.9. The predicted molar refractivity (Wildman–Crippen MR) is 84.8 cm³/mol. The van der Waals surface area contributed by atoms with E-state index in [0.717, 1.165) is 15.6 Å². The van der Waals surface area contributed by atoms with Crippen LogP contribution in [0.1, 0.15) is 32.2 Å². The van der Waals surface area contributed by atoms with Crippen molar-refractivity contribution < 1.29 is 9.26 Å². The Hall–Kier alpha value is -1.24. The van der Waals surface area contributed by atoms with E-state index in [-0.39, 0.29) is 6.10 Å². The van der Waals surface area contributed by atoms with Crippen LogP contribution >= 0.6 is 15.9 Å². The predicted octanol–water partition coefficient (Wildman–Crippen LogP) is 3.41. The van der Waals surface area contributed by atoms with E-state index in [1.165, 1.54) is 0 Å². The van der Waals surface area contributed by atoms with Crippen molar-refractivity contribution in [2.24, 2.45) is 5.73 Å². The average Bonchev–Trinajstić information content (AvgIpc) is 2.86. The van der Waals surface area contributed by atoms with Crippen molar-refractivity contribution in [3.63, 3.8) is 0 Å². The molecule has 1 atom stereocenters. The van der Waals surface area contributed by atoms with Gasteiger partial charge in [0, 0.05) is 10.0 Å². The van der Waals surface area contributed by atoms with Gasteiger partial charge in [-0.15, -0.1) is 0 Å². The largest absolute Gasteiger partial charge is 0.376 e. The van der Waals surface area contributed by atoms with E-state index >= 15 is 0 Å². The van der Waals surface area contributed by atoms with E-state index in [1.807, 2.05) is 45.9 Å². The third-order valence-corrected chi connectivity index (χ3v) is 3.57. The van der Waals surface area contributed by atoms with E-state index in [4.69, 9.17) is 15.0 Å². The number of ether oxygens (including phenoxy) is 1. The molecule has 1 aromatic heterocycles. The first-order chi connectivity index (χ1) is 9.79. The van der Waals surface area contributed by atoms with Crippen LogP contribution in [0.3, 0.4) is 0 Å². The number of aryl methyl sites for hydroxylation is 1. The van der Waals surface area contributed by atoms with Gasteiger partial charge in [-0.1, -0.05) is 21.1 Å². The van der Waals surface area contributed by atoms with Crippen LogP contribution in [0.4, 0.5) is 0 Å². The number of nitrogens with two attached hydrogens (primary N) is 1. The van der Waals surface area contributed by atoms with Crippen LogP contribution in [0.5, 0.6) is 0 Å². The van der Waals surface area contributed by atoms with Crippen molar-refractivity contribution in [2.45, 2.75) is 39.3 Å². The summed E-state index contributed by atoms with van der Waals surface area (Å²) in [5, 5.41) is 4.00. The normalized spacial score (nSPS) is 14.4. The van der Waals surface area contributed by atoms with E-state index < -0.39 is 5.54 Å². The van der Waals surface area contributed by atoms with Gasteiger partial charge in [0.15, 0.2) is 5.82 Å². The van der Waals surface area contributed by atoms with Crippen LogP contribution in [0, 0.1) is 6.92 Å². The first-order valence-electron chi connectivity index (χ1n) is 6.81. The van der Waals surface area contributed by atoms with Crippen LogP contribution in [0.15, 0.2) is 27.2 Å². The molecular formula is C15H20BrN3O2. The molecule has 0 aliphatic carbocycles. The molecule has 21 heavy (non-hydrogen) atoms. The van der Waals surface area contributed by atoms with E-state index in [2.05, 4.69) is 26.1 Å². The lowest BCUT2D eigenvalue weighted by Crippen LogP contribution is -2.40. The summed E-state index contributed by atoms with van der Waals surface area (Å²) in [6, 6.07) is 5.88. The van der Waals surface area contributed by atoms with Gasteiger partial charge < -0.3 is 15.0 Å². The quantitative estimate of drug-likeness (QED) is 0.891. The minimum Gasteiger partial charge on any atom is -0.376 e. The summed E-state index contributed by atoms with van der Waals surface area (Å²) >= 11 is 3.44. The van der Waals surface area contributed by atoms with E-state index in [1.54, 1.807) is 0 Å². The van der Waals surface area contributed by atoms with Crippen LogP contribution in [0.25, 0.3) is 11.5 Å². The molecule has 2 aromatic rings. The van der Waals surface area contributed by atoms with Gasteiger partial charge in [-0.25, -0.2) is 0 Å².